The van der Waals surface area contributed by atoms with Gasteiger partial charge >= 0.3 is 12.1 Å². The molecule has 0 saturated heterocycles. The number of para-hydroxylation sites is 1. The van der Waals surface area contributed by atoms with E-state index in [-0.39, 0.29) is 56.1 Å². The Hall–Kier alpha value is -5.93. The minimum absolute atomic E-state index is 0.0256. The highest BCUT2D eigenvalue weighted by molar-refractivity contribution is 5.94. The van der Waals surface area contributed by atoms with E-state index in [2.05, 4.69) is 36.4 Å². The zero-order valence-electron chi connectivity index (χ0n) is 31.1. The number of anilines is 1. The van der Waals surface area contributed by atoms with Gasteiger partial charge in [0.05, 0.1) is 35.6 Å². The number of benzene rings is 2. The van der Waals surface area contributed by atoms with Crippen molar-refractivity contribution in [2.45, 2.75) is 65.0 Å². The van der Waals surface area contributed by atoms with Crippen LogP contribution in [0.25, 0.3) is 22.3 Å². The number of ether oxygens (including phenoxy) is 4. The number of aldehydes is 1. The van der Waals surface area contributed by atoms with Crippen molar-refractivity contribution in [3.8, 4) is 11.4 Å². The fraction of sp³-hybridized carbons (Fsp3) is 0.375. The van der Waals surface area contributed by atoms with Crippen LogP contribution in [-0.2, 0) is 69.9 Å². The molecular formula is C40H43N5O10. The highest BCUT2D eigenvalue weighted by Crippen LogP contribution is 2.42. The van der Waals surface area contributed by atoms with Crippen LogP contribution in [0.1, 0.15) is 55.0 Å². The molecule has 0 aliphatic carbocycles. The number of hydrogen-bond acceptors (Lipinski definition) is 12. The molecule has 2 aliphatic heterocycles. The number of carbonyl (C=O) groups excluding carboxylic acids is 5. The van der Waals surface area contributed by atoms with Gasteiger partial charge in [-0.1, -0.05) is 37.3 Å². The second kappa shape index (κ2) is 16.6. The topological polar surface area (TPSA) is 184 Å². The number of likely N-dealkylation sites (N-methyl/N-ethyl adjacent to an activating group) is 1. The number of nitrogens with zero attached hydrogens (tertiary/aromatic N) is 3. The Morgan fingerprint density at radius 1 is 1.07 bits per heavy atom. The lowest BCUT2D eigenvalue weighted by Crippen LogP contribution is -2.47. The summed E-state index contributed by atoms with van der Waals surface area (Å²) in [6.45, 7) is 5.69. The van der Waals surface area contributed by atoms with Crippen LogP contribution in [0, 0.1) is 0 Å². The van der Waals surface area contributed by atoms with E-state index < -0.39 is 29.5 Å². The van der Waals surface area contributed by atoms with Gasteiger partial charge in [-0.15, -0.1) is 0 Å². The number of rotatable bonds is 15. The highest BCUT2D eigenvalue weighted by atomic mass is 16.7. The SMILES string of the molecule is CC[C@@]1(OC(=O)OCc2ccc(NC(=O)CNC(=O)COCC=O)cc2)C(=O)OCc2c1cc1n(c2=O)Cc2c-1nc1ccccc1c2CCN(C)C(C)C. The molecule has 55 heavy (non-hydrogen) atoms. The van der Waals surface area contributed by atoms with Crippen LogP contribution in [0.2, 0.25) is 0 Å². The Morgan fingerprint density at radius 3 is 2.56 bits per heavy atom. The minimum Gasteiger partial charge on any atom is -0.457 e. The molecule has 0 fully saturated rings. The van der Waals surface area contributed by atoms with Gasteiger partial charge in [-0.3, -0.25) is 14.4 Å². The Morgan fingerprint density at radius 2 is 1.84 bits per heavy atom. The number of amides is 2. The van der Waals surface area contributed by atoms with Crippen LogP contribution in [0.15, 0.2) is 59.4 Å². The van der Waals surface area contributed by atoms with Crippen molar-refractivity contribution in [2.24, 2.45) is 0 Å². The van der Waals surface area contributed by atoms with E-state index in [0.29, 0.717) is 41.5 Å². The van der Waals surface area contributed by atoms with E-state index in [1.54, 1.807) is 41.8 Å². The van der Waals surface area contributed by atoms with Gasteiger partial charge in [0.15, 0.2) is 0 Å². The van der Waals surface area contributed by atoms with Gasteiger partial charge in [0.1, 0.15) is 32.7 Å². The summed E-state index contributed by atoms with van der Waals surface area (Å²) in [5, 5.41) is 6.02. The number of cyclic esters (lactones) is 1. The van der Waals surface area contributed by atoms with Crippen molar-refractivity contribution in [3.05, 3.63) is 92.8 Å². The second-order valence-electron chi connectivity index (χ2n) is 13.7. The maximum Gasteiger partial charge on any atom is 0.510 e. The van der Waals surface area contributed by atoms with Gasteiger partial charge < -0.3 is 43.8 Å². The number of esters is 1. The minimum atomic E-state index is -1.94. The van der Waals surface area contributed by atoms with Crippen LogP contribution < -0.4 is 16.2 Å². The molecule has 288 valence electrons. The molecule has 2 aromatic carbocycles. The van der Waals surface area contributed by atoms with Gasteiger partial charge in [-0.2, -0.15) is 0 Å². The van der Waals surface area contributed by atoms with Gasteiger partial charge in [-0.05, 0) is 69.1 Å². The summed E-state index contributed by atoms with van der Waals surface area (Å²) in [5.74, 6) is -1.85. The van der Waals surface area contributed by atoms with Gasteiger partial charge in [0.2, 0.25) is 17.4 Å². The summed E-state index contributed by atoms with van der Waals surface area (Å²) in [6, 6.07) is 16.4. The predicted molar refractivity (Wildman–Crippen MR) is 200 cm³/mol. The largest absolute Gasteiger partial charge is 0.510 e. The number of carbonyl (C=O) groups is 5. The van der Waals surface area contributed by atoms with Crippen molar-refractivity contribution in [1.29, 1.82) is 0 Å². The maximum atomic E-state index is 14.2. The summed E-state index contributed by atoms with van der Waals surface area (Å²) in [7, 11) is 2.08. The molecule has 4 heterocycles. The van der Waals surface area contributed by atoms with Gasteiger partial charge in [0.25, 0.3) is 5.56 Å². The second-order valence-corrected chi connectivity index (χ2v) is 13.7. The van der Waals surface area contributed by atoms with Crippen molar-refractivity contribution < 1.29 is 42.9 Å². The maximum absolute atomic E-state index is 14.2. The summed E-state index contributed by atoms with van der Waals surface area (Å²) >= 11 is 0. The normalized spacial score (nSPS) is 15.6. The van der Waals surface area contributed by atoms with Gasteiger partial charge in [0, 0.05) is 34.8 Å². The molecule has 2 aliphatic rings. The first-order valence-electron chi connectivity index (χ1n) is 18.0. The van der Waals surface area contributed by atoms with E-state index in [1.165, 1.54) is 0 Å². The number of pyridine rings is 2. The molecule has 2 aromatic heterocycles. The number of nitrogens with one attached hydrogen (secondary N) is 2. The van der Waals surface area contributed by atoms with E-state index in [9.17, 15) is 28.8 Å². The van der Waals surface area contributed by atoms with Crippen LogP contribution in [0.4, 0.5) is 10.5 Å². The Balaban J connectivity index is 1.19. The highest BCUT2D eigenvalue weighted by Gasteiger charge is 2.51. The Bertz CT molecular complexity index is 2200. The van der Waals surface area contributed by atoms with Crippen LogP contribution in [0.5, 0.6) is 0 Å². The first-order chi connectivity index (χ1) is 26.4. The zero-order chi connectivity index (χ0) is 39.3. The fourth-order valence-electron chi connectivity index (χ4n) is 6.74. The molecule has 6 rings (SSSR count). The summed E-state index contributed by atoms with van der Waals surface area (Å²) in [4.78, 5) is 82.3. The number of hydrogen-bond donors (Lipinski definition) is 2. The Labute approximate surface area is 316 Å². The monoisotopic (exact) mass is 753 g/mol. The molecule has 0 saturated carbocycles. The lowest BCUT2D eigenvalue weighted by molar-refractivity contribution is -0.175. The Kier molecular flexibility index (Phi) is 11.7. The van der Waals surface area contributed by atoms with E-state index in [0.717, 1.165) is 35.0 Å². The van der Waals surface area contributed by atoms with Crippen molar-refractivity contribution in [3.63, 3.8) is 0 Å². The molecule has 15 heteroatoms. The molecule has 2 N–H and O–H groups in total. The van der Waals surface area contributed by atoms with E-state index >= 15 is 0 Å². The molecular weight excluding hydrogens is 710 g/mol. The third-order valence-corrected chi connectivity index (χ3v) is 9.99. The predicted octanol–water partition coefficient (Wildman–Crippen LogP) is 3.59. The van der Waals surface area contributed by atoms with Crippen molar-refractivity contribution in [1.82, 2.24) is 19.8 Å². The molecule has 15 nitrogen and oxygen atoms in total. The lowest BCUT2D eigenvalue weighted by atomic mass is 9.85. The van der Waals surface area contributed by atoms with Crippen LogP contribution >= 0.6 is 0 Å². The molecule has 4 aromatic rings. The van der Waals surface area contributed by atoms with Crippen molar-refractivity contribution >= 4 is 46.8 Å². The smallest absolute Gasteiger partial charge is 0.457 e. The molecule has 0 spiro atoms. The van der Waals surface area contributed by atoms with Crippen molar-refractivity contribution in [2.75, 3.05) is 38.7 Å². The third kappa shape index (κ3) is 8.12. The number of fused-ring (bicyclic) bond motifs is 5. The lowest BCUT2D eigenvalue weighted by Gasteiger charge is -2.35. The molecule has 0 radical (unpaired) electrons. The third-order valence-electron chi connectivity index (χ3n) is 9.99. The average Bonchev–Trinajstić information content (AvgIpc) is 3.55. The van der Waals surface area contributed by atoms with Crippen LogP contribution in [0.3, 0.4) is 0 Å². The van der Waals surface area contributed by atoms with E-state index in [1.807, 2.05) is 24.3 Å². The van der Waals surface area contributed by atoms with Gasteiger partial charge in [-0.25, -0.2) is 14.6 Å². The molecule has 0 unspecified atom stereocenters. The molecule has 1 atom stereocenters. The average molecular weight is 754 g/mol. The first-order valence-corrected chi connectivity index (χ1v) is 18.0. The molecule has 0 bridgehead atoms. The quantitative estimate of drug-likeness (QED) is 0.0901. The standard InChI is InChI=1S/C40H43N5O10/c1-5-40(55-39(51)54-21-25-10-12-26(13-11-25)42-34(47)19-41-35(48)23-52-17-16-46)31-18-33-36-29(20-45(33)37(49)30(31)22-53-38(40)50)27(14-15-44(4)24(2)3)28-8-6-7-9-32(28)43-36/h6-13,16,18,24H,5,14-15,17,19-23H2,1-4H3,(H,41,48)(H,42,47)/t40-/m0/s1. The van der Waals surface area contributed by atoms with Crippen LogP contribution in [-0.4, -0.2) is 84.1 Å². The fourth-order valence-corrected chi connectivity index (χ4v) is 6.74. The first kappa shape index (κ1) is 38.8. The summed E-state index contributed by atoms with van der Waals surface area (Å²) in [5.41, 5.74) is 3.19. The zero-order valence-corrected chi connectivity index (χ0v) is 31.1. The molecule has 2 amide bonds. The summed E-state index contributed by atoms with van der Waals surface area (Å²) < 4.78 is 23.1. The number of aromatic nitrogens is 2. The summed E-state index contributed by atoms with van der Waals surface area (Å²) in [6.07, 6.45) is 0.0949. The van der Waals surface area contributed by atoms with E-state index in [4.69, 9.17) is 23.9 Å².